The lowest BCUT2D eigenvalue weighted by atomic mass is 10.2. The second kappa shape index (κ2) is 10.7. The summed E-state index contributed by atoms with van der Waals surface area (Å²) in [5, 5.41) is 2.93. The van der Waals surface area contributed by atoms with Crippen LogP contribution in [0.5, 0.6) is 11.5 Å². The summed E-state index contributed by atoms with van der Waals surface area (Å²) in [6.07, 6.45) is 6.85. The van der Waals surface area contributed by atoms with Gasteiger partial charge in [0.25, 0.3) is 5.91 Å². The predicted molar refractivity (Wildman–Crippen MR) is 107 cm³/mol. The predicted octanol–water partition coefficient (Wildman–Crippen LogP) is 3.61. The molecule has 1 aliphatic carbocycles. The largest absolute Gasteiger partial charge is 0.490 e. The summed E-state index contributed by atoms with van der Waals surface area (Å²) >= 11 is 0. The molecule has 0 aliphatic heterocycles. The second-order valence-electron chi connectivity index (χ2n) is 6.87. The molecule has 150 valence electrons. The molecule has 0 radical (unpaired) electrons. The van der Waals surface area contributed by atoms with Gasteiger partial charge in [0.2, 0.25) is 0 Å². The number of nitrogens with one attached hydrogen (secondary N) is 1. The zero-order valence-electron chi connectivity index (χ0n) is 16.4. The van der Waals surface area contributed by atoms with Crippen LogP contribution in [-0.2, 0) is 11.3 Å². The van der Waals surface area contributed by atoms with Crippen LogP contribution in [-0.4, -0.2) is 37.3 Å². The molecule has 1 N–H and O–H groups in total. The zero-order valence-corrected chi connectivity index (χ0v) is 16.4. The SMILES string of the molecule is CCOc1cc(C(=O)NCCCOCC2CC2)ccc1OCc1ccncc1. The standard InChI is InChI=1S/C22H28N2O4/c1-2-27-21-14-19(22(25)24-10-3-13-26-15-17-4-5-17)6-7-20(21)28-16-18-8-11-23-12-9-18/h6-9,11-12,14,17H,2-5,10,13,15-16H2,1H3,(H,24,25). The van der Waals surface area contributed by atoms with E-state index in [0.717, 1.165) is 24.5 Å². The first-order valence-electron chi connectivity index (χ1n) is 9.90. The van der Waals surface area contributed by atoms with Gasteiger partial charge in [0.1, 0.15) is 6.61 Å². The van der Waals surface area contributed by atoms with Gasteiger partial charge in [-0.15, -0.1) is 0 Å². The number of nitrogens with zero attached hydrogens (tertiary/aromatic N) is 1. The highest BCUT2D eigenvalue weighted by Crippen LogP contribution is 2.29. The van der Waals surface area contributed by atoms with Gasteiger partial charge in [-0.2, -0.15) is 0 Å². The second-order valence-corrected chi connectivity index (χ2v) is 6.87. The number of pyridine rings is 1. The molecule has 6 heteroatoms. The first-order valence-corrected chi connectivity index (χ1v) is 9.90. The average Bonchev–Trinajstić information content (AvgIpc) is 3.55. The molecule has 28 heavy (non-hydrogen) atoms. The van der Waals surface area contributed by atoms with Crippen molar-refractivity contribution in [1.82, 2.24) is 10.3 Å². The van der Waals surface area contributed by atoms with Gasteiger partial charge >= 0.3 is 0 Å². The van der Waals surface area contributed by atoms with Crippen LogP contribution in [0.3, 0.4) is 0 Å². The van der Waals surface area contributed by atoms with Crippen molar-refractivity contribution in [3.05, 3.63) is 53.9 Å². The maximum Gasteiger partial charge on any atom is 0.251 e. The molecule has 2 aromatic rings. The lowest BCUT2D eigenvalue weighted by molar-refractivity contribution is 0.0937. The molecule has 1 saturated carbocycles. The highest BCUT2D eigenvalue weighted by molar-refractivity contribution is 5.94. The van der Waals surface area contributed by atoms with Gasteiger partial charge in [-0.3, -0.25) is 9.78 Å². The lowest BCUT2D eigenvalue weighted by Gasteiger charge is -2.13. The van der Waals surface area contributed by atoms with E-state index in [9.17, 15) is 4.79 Å². The van der Waals surface area contributed by atoms with Crippen molar-refractivity contribution in [1.29, 1.82) is 0 Å². The van der Waals surface area contributed by atoms with Crippen molar-refractivity contribution in [2.75, 3.05) is 26.4 Å². The Kier molecular flexibility index (Phi) is 7.67. The molecule has 1 fully saturated rings. The summed E-state index contributed by atoms with van der Waals surface area (Å²) in [4.78, 5) is 16.4. The molecule has 0 bridgehead atoms. The van der Waals surface area contributed by atoms with E-state index in [1.807, 2.05) is 19.1 Å². The third-order valence-electron chi connectivity index (χ3n) is 4.45. The average molecular weight is 384 g/mol. The summed E-state index contributed by atoms with van der Waals surface area (Å²) in [6.45, 7) is 4.94. The molecule has 3 rings (SSSR count). The molecule has 0 unspecified atom stereocenters. The quantitative estimate of drug-likeness (QED) is 0.566. The Labute approximate surface area is 166 Å². The van der Waals surface area contributed by atoms with E-state index in [1.165, 1.54) is 12.8 Å². The van der Waals surface area contributed by atoms with Gasteiger partial charge in [-0.1, -0.05) is 0 Å². The zero-order chi connectivity index (χ0) is 19.6. The molecule has 1 aliphatic rings. The fourth-order valence-corrected chi connectivity index (χ4v) is 2.69. The molecule has 0 spiro atoms. The highest BCUT2D eigenvalue weighted by Gasteiger charge is 2.20. The van der Waals surface area contributed by atoms with Crippen LogP contribution in [0.15, 0.2) is 42.7 Å². The molecular formula is C22H28N2O4. The first kappa shape index (κ1) is 20.1. The van der Waals surface area contributed by atoms with E-state index in [2.05, 4.69) is 10.3 Å². The molecule has 1 aromatic heterocycles. The topological polar surface area (TPSA) is 69.7 Å². The fourth-order valence-electron chi connectivity index (χ4n) is 2.69. The number of carbonyl (C=O) groups excluding carboxylic acids is 1. The van der Waals surface area contributed by atoms with E-state index in [0.29, 0.717) is 43.4 Å². The van der Waals surface area contributed by atoms with Crippen LogP contribution in [0, 0.1) is 5.92 Å². The molecule has 1 amide bonds. The summed E-state index contributed by atoms with van der Waals surface area (Å²) in [5.74, 6) is 1.83. The number of benzene rings is 1. The van der Waals surface area contributed by atoms with Crippen molar-refractivity contribution in [2.24, 2.45) is 5.92 Å². The van der Waals surface area contributed by atoms with E-state index < -0.39 is 0 Å². The molecule has 0 saturated heterocycles. The summed E-state index contributed by atoms with van der Waals surface area (Å²) in [6, 6.07) is 9.06. The maximum atomic E-state index is 12.4. The van der Waals surface area contributed by atoms with Crippen LogP contribution in [0.2, 0.25) is 0 Å². The summed E-state index contributed by atoms with van der Waals surface area (Å²) in [7, 11) is 0. The van der Waals surface area contributed by atoms with E-state index >= 15 is 0 Å². The smallest absolute Gasteiger partial charge is 0.251 e. The van der Waals surface area contributed by atoms with Crippen molar-refractivity contribution < 1.29 is 19.0 Å². The van der Waals surface area contributed by atoms with E-state index in [-0.39, 0.29) is 5.91 Å². The van der Waals surface area contributed by atoms with Gasteiger partial charge < -0.3 is 19.5 Å². The molecule has 1 aromatic carbocycles. The minimum Gasteiger partial charge on any atom is -0.490 e. The van der Waals surface area contributed by atoms with E-state index in [1.54, 1.807) is 30.6 Å². The number of rotatable bonds is 12. The van der Waals surface area contributed by atoms with Gasteiger partial charge in [-0.05, 0) is 68.0 Å². The molecule has 6 nitrogen and oxygen atoms in total. The minimum absolute atomic E-state index is 0.121. The Balaban J connectivity index is 1.49. The molecule has 1 heterocycles. The third-order valence-corrected chi connectivity index (χ3v) is 4.45. The van der Waals surface area contributed by atoms with Crippen molar-refractivity contribution in [2.45, 2.75) is 32.8 Å². The number of ether oxygens (including phenoxy) is 3. The Morgan fingerprint density at radius 1 is 1.14 bits per heavy atom. The van der Waals surface area contributed by atoms with Crippen molar-refractivity contribution in [3.8, 4) is 11.5 Å². The van der Waals surface area contributed by atoms with Crippen LogP contribution in [0.1, 0.15) is 42.1 Å². The van der Waals surface area contributed by atoms with E-state index in [4.69, 9.17) is 14.2 Å². The monoisotopic (exact) mass is 384 g/mol. The van der Waals surface area contributed by atoms with Crippen molar-refractivity contribution in [3.63, 3.8) is 0 Å². The number of hydrogen-bond donors (Lipinski definition) is 1. The number of amides is 1. The normalized spacial score (nSPS) is 13.2. The summed E-state index contributed by atoms with van der Waals surface area (Å²) in [5.41, 5.74) is 1.57. The van der Waals surface area contributed by atoms with Crippen LogP contribution >= 0.6 is 0 Å². The first-order chi connectivity index (χ1) is 13.8. The lowest BCUT2D eigenvalue weighted by Crippen LogP contribution is -2.25. The maximum absolute atomic E-state index is 12.4. The number of hydrogen-bond acceptors (Lipinski definition) is 5. The number of aromatic nitrogens is 1. The Hall–Kier alpha value is -2.60. The Morgan fingerprint density at radius 2 is 1.96 bits per heavy atom. The van der Waals surface area contributed by atoms with Crippen LogP contribution in [0.4, 0.5) is 0 Å². The summed E-state index contributed by atoms with van der Waals surface area (Å²) < 4.78 is 17.1. The number of carbonyl (C=O) groups is 1. The van der Waals surface area contributed by atoms with Gasteiger partial charge in [0.05, 0.1) is 6.61 Å². The minimum atomic E-state index is -0.121. The van der Waals surface area contributed by atoms with Crippen LogP contribution in [0.25, 0.3) is 0 Å². The Morgan fingerprint density at radius 3 is 2.71 bits per heavy atom. The molecule has 0 atom stereocenters. The third kappa shape index (κ3) is 6.53. The highest BCUT2D eigenvalue weighted by atomic mass is 16.5. The Bertz CT molecular complexity index is 747. The van der Waals surface area contributed by atoms with Gasteiger partial charge in [0.15, 0.2) is 11.5 Å². The van der Waals surface area contributed by atoms with Gasteiger partial charge in [0, 0.05) is 37.7 Å². The van der Waals surface area contributed by atoms with Crippen molar-refractivity contribution >= 4 is 5.91 Å². The molecular weight excluding hydrogens is 356 g/mol. The van der Waals surface area contributed by atoms with Gasteiger partial charge in [-0.25, -0.2) is 0 Å². The van der Waals surface area contributed by atoms with Crippen LogP contribution < -0.4 is 14.8 Å². The fraction of sp³-hybridized carbons (Fsp3) is 0.455.